The lowest BCUT2D eigenvalue weighted by Gasteiger charge is -2.44. The molecule has 0 aromatic heterocycles. The Morgan fingerprint density at radius 3 is 2.48 bits per heavy atom. The zero-order valence-electron chi connectivity index (χ0n) is 13.8. The summed E-state index contributed by atoms with van der Waals surface area (Å²) in [6.45, 7) is 6.50. The number of nitrogens with two attached hydrogens (primary N) is 1. The molecule has 0 spiro atoms. The van der Waals surface area contributed by atoms with Gasteiger partial charge < -0.3 is 10.6 Å². The van der Waals surface area contributed by atoms with Gasteiger partial charge in [0.25, 0.3) is 0 Å². The molecular weight excluding hydrogens is 260 g/mol. The number of hydrogen-bond donors (Lipinski definition) is 1. The lowest BCUT2D eigenvalue weighted by atomic mass is 9.71. The van der Waals surface area contributed by atoms with Crippen molar-refractivity contribution >= 4 is 5.91 Å². The fourth-order valence-electron chi connectivity index (χ4n) is 5.06. The number of carbonyl (C=O) groups is 1. The van der Waals surface area contributed by atoms with E-state index in [1.54, 1.807) is 0 Å². The predicted octanol–water partition coefficient (Wildman–Crippen LogP) is 3.03. The summed E-state index contributed by atoms with van der Waals surface area (Å²) in [5.41, 5.74) is 6.23. The lowest BCUT2D eigenvalue weighted by Crippen LogP contribution is -2.51. The Morgan fingerprint density at radius 2 is 1.71 bits per heavy atom. The van der Waals surface area contributed by atoms with E-state index in [4.69, 9.17) is 5.73 Å². The number of hydrogen-bond acceptors (Lipinski definition) is 2. The molecule has 0 aromatic rings. The lowest BCUT2D eigenvalue weighted by molar-refractivity contribution is -0.142. The Bertz CT molecular complexity index is 383. The van der Waals surface area contributed by atoms with Crippen LogP contribution in [0.2, 0.25) is 0 Å². The van der Waals surface area contributed by atoms with Gasteiger partial charge in [-0.3, -0.25) is 4.79 Å². The number of piperidine rings is 1. The highest BCUT2D eigenvalue weighted by atomic mass is 16.2. The van der Waals surface area contributed by atoms with Crippen LogP contribution < -0.4 is 5.73 Å². The quantitative estimate of drug-likeness (QED) is 0.807. The summed E-state index contributed by atoms with van der Waals surface area (Å²) in [6, 6.07) is 0.211. The summed E-state index contributed by atoms with van der Waals surface area (Å²) in [7, 11) is 0. The van der Waals surface area contributed by atoms with E-state index in [0.29, 0.717) is 17.7 Å². The van der Waals surface area contributed by atoms with Gasteiger partial charge >= 0.3 is 0 Å². The number of rotatable bonds is 1. The summed E-state index contributed by atoms with van der Waals surface area (Å²) in [4.78, 5) is 15.2. The minimum atomic E-state index is 0.177. The molecular formula is C18H32N2O. The molecule has 1 saturated heterocycles. The molecule has 1 amide bonds. The highest BCUT2D eigenvalue weighted by molar-refractivity contribution is 5.79. The molecule has 6 atom stereocenters. The molecule has 2 N–H and O–H groups in total. The zero-order chi connectivity index (χ0) is 15.0. The molecule has 3 nitrogen and oxygen atoms in total. The number of fused-ring (bicyclic) bond motifs is 1. The van der Waals surface area contributed by atoms with E-state index in [2.05, 4.69) is 18.7 Å². The van der Waals surface area contributed by atoms with Crippen LogP contribution in [0, 0.1) is 29.6 Å². The van der Waals surface area contributed by atoms with Crippen LogP contribution in [-0.4, -0.2) is 29.9 Å². The molecule has 21 heavy (non-hydrogen) atoms. The molecule has 1 heterocycles. The maximum Gasteiger partial charge on any atom is 0.226 e. The smallest absolute Gasteiger partial charge is 0.226 e. The van der Waals surface area contributed by atoms with E-state index in [1.165, 1.54) is 32.1 Å². The van der Waals surface area contributed by atoms with Gasteiger partial charge in [-0.2, -0.15) is 0 Å². The second-order valence-electron chi connectivity index (χ2n) is 8.07. The van der Waals surface area contributed by atoms with Gasteiger partial charge in [-0.15, -0.1) is 0 Å². The Balaban J connectivity index is 1.62. The molecule has 2 aliphatic carbocycles. The first-order valence-electron chi connectivity index (χ1n) is 9.10. The Labute approximate surface area is 129 Å². The van der Waals surface area contributed by atoms with Crippen LogP contribution in [0.1, 0.15) is 58.8 Å². The van der Waals surface area contributed by atoms with Gasteiger partial charge in [-0.05, 0) is 49.4 Å². The van der Waals surface area contributed by atoms with Crippen molar-refractivity contribution in [2.45, 2.75) is 64.8 Å². The summed E-state index contributed by atoms with van der Waals surface area (Å²) < 4.78 is 0. The van der Waals surface area contributed by atoms with Gasteiger partial charge in [-0.1, -0.05) is 33.1 Å². The molecule has 3 heteroatoms. The highest BCUT2D eigenvalue weighted by Gasteiger charge is 2.40. The summed E-state index contributed by atoms with van der Waals surface area (Å²) in [5, 5.41) is 0. The van der Waals surface area contributed by atoms with Gasteiger partial charge in [0.2, 0.25) is 5.91 Å². The Hall–Kier alpha value is -0.570. The monoisotopic (exact) mass is 292 g/mol. The van der Waals surface area contributed by atoms with Crippen molar-refractivity contribution in [3.05, 3.63) is 0 Å². The molecule has 0 bridgehead atoms. The van der Waals surface area contributed by atoms with Crippen LogP contribution in [0.4, 0.5) is 0 Å². The summed E-state index contributed by atoms with van der Waals surface area (Å²) >= 11 is 0. The first kappa shape index (κ1) is 15.3. The van der Waals surface area contributed by atoms with Crippen molar-refractivity contribution in [3.8, 4) is 0 Å². The summed E-state index contributed by atoms with van der Waals surface area (Å²) in [6.07, 6.45) is 8.75. The maximum absolute atomic E-state index is 13.0. The number of likely N-dealkylation sites (tertiary alicyclic amines) is 1. The largest absolute Gasteiger partial charge is 0.342 e. The van der Waals surface area contributed by atoms with Crippen LogP contribution in [-0.2, 0) is 4.79 Å². The van der Waals surface area contributed by atoms with Gasteiger partial charge in [-0.25, -0.2) is 0 Å². The minimum Gasteiger partial charge on any atom is -0.342 e. The summed E-state index contributed by atoms with van der Waals surface area (Å²) in [5.74, 6) is 3.33. The normalized spacial score (nSPS) is 44.2. The van der Waals surface area contributed by atoms with E-state index in [-0.39, 0.29) is 12.0 Å². The van der Waals surface area contributed by atoms with Crippen molar-refractivity contribution < 1.29 is 4.79 Å². The molecule has 0 aromatic carbocycles. The van der Waals surface area contributed by atoms with Crippen molar-refractivity contribution in [2.24, 2.45) is 35.3 Å². The van der Waals surface area contributed by atoms with Crippen LogP contribution in [0.15, 0.2) is 0 Å². The SMILES string of the molecule is CC1CC(C)C(C(=O)N2CCC3CCCCC3C2)CC1N. The fraction of sp³-hybridized carbons (Fsp3) is 0.944. The first-order chi connectivity index (χ1) is 10.1. The average Bonchev–Trinajstić information content (AvgIpc) is 2.50. The number of carbonyl (C=O) groups excluding carboxylic acids is 1. The second kappa shape index (κ2) is 6.28. The third-order valence-electron chi connectivity index (χ3n) is 6.61. The molecule has 6 unspecified atom stereocenters. The number of amides is 1. The third kappa shape index (κ3) is 3.13. The molecule has 3 aliphatic rings. The van der Waals surface area contributed by atoms with Gasteiger partial charge in [0.15, 0.2) is 0 Å². The average molecular weight is 292 g/mol. The Morgan fingerprint density at radius 1 is 1.00 bits per heavy atom. The van der Waals surface area contributed by atoms with Crippen LogP contribution in [0.3, 0.4) is 0 Å². The van der Waals surface area contributed by atoms with E-state index in [1.807, 2.05) is 0 Å². The van der Waals surface area contributed by atoms with E-state index < -0.39 is 0 Å². The van der Waals surface area contributed by atoms with Crippen molar-refractivity contribution in [1.29, 1.82) is 0 Å². The van der Waals surface area contributed by atoms with Crippen LogP contribution >= 0.6 is 0 Å². The molecule has 3 rings (SSSR count). The van der Waals surface area contributed by atoms with E-state index >= 15 is 0 Å². The third-order valence-corrected chi connectivity index (χ3v) is 6.61. The fourth-order valence-corrected chi connectivity index (χ4v) is 5.06. The van der Waals surface area contributed by atoms with Crippen molar-refractivity contribution in [3.63, 3.8) is 0 Å². The maximum atomic E-state index is 13.0. The van der Waals surface area contributed by atoms with E-state index in [0.717, 1.165) is 37.8 Å². The van der Waals surface area contributed by atoms with Gasteiger partial charge in [0.1, 0.15) is 0 Å². The molecule has 0 radical (unpaired) electrons. The van der Waals surface area contributed by atoms with E-state index in [9.17, 15) is 4.79 Å². The highest BCUT2D eigenvalue weighted by Crippen LogP contribution is 2.38. The second-order valence-corrected chi connectivity index (χ2v) is 8.07. The standard InChI is InChI=1S/C18H32N2O/c1-12-9-13(2)17(19)10-16(12)18(21)20-8-7-14-5-3-4-6-15(14)11-20/h12-17H,3-11,19H2,1-2H3. The molecule has 2 saturated carbocycles. The molecule has 3 fully saturated rings. The van der Waals surface area contributed by atoms with Crippen molar-refractivity contribution in [1.82, 2.24) is 4.90 Å². The number of nitrogens with zero attached hydrogens (tertiary/aromatic N) is 1. The van der Waals surface area contributed by atoms with Gasteiger partial charge in [0.05, 0.1) is 0 Å². The topological polar surface area (TPSA) is 46.3 Å². The minimum absolute atomic E-state index is 0.177. The zero-order valence-corrected chi connectivity index (χ0v) is 13.8. The first-order valence-corrected chi connectivity index (χ1v) is 9.10. The Kier molecular flexibility index (Phi) is 4.58. The van der Waals surface area contributed by atoms with Gasteiger partial charge in [0, 0.05) is 25.0 Å². The molecule has 1 aliphatic heterocycles. The molecule has 120 valence electrons. The van der Waals surface area contributed by atoms with Crippen LogP contribution in [0.5, 0.6) is 0 Å². The predicted molar refractivity (Wildman–Crippen MR) is 85.7 cm³/mol. The van der Waals surface area contributed by atoms with Crippen molar-refractivity contribution in [2.75, 3.05) is 13.1 Å². The van der Waals surface area contributed by atoms with Crippen LogP contribution in [0.25, 0.3) is 0 Å².